The largest absolute Gasteiger partial charge is 0.383 e. The number of unbranched alkanes of at least 4 members (excludes halogenated alkanes) is 1. The number of likely N-dealkylation sites (N-methyl/N-ethyl adjacent to an activating group) is 1. The van der Waals surface area contributed by atoms with Gasteiger partial charge in [0.25, 0.3) is 5.56 Å². The Labute approximate surface area is 177 Å². The maximum absolute atomic E-state index is 13.2. The number of hydrogen-bond donors (Lipinski definition) is 2. The summed E-state index contributed by atoms with van der Waals surface area (Å²) in [5.41, 5.74) is 7.09. The first-order valence-corrected chi connectivity index (χ1v) is 10.5. The minimum atomic E-state index is -0.646. The normalized spacial score (nSPS) is 11.0. The summed E-state index contributed by atoms with van der Waals surface area (Å²) in [5.74, 6) is -0.233. The molecule has 3 N–H and O–H groups in total. The van der Waals surface area contributed by atoms with Crippen molar-refractivity contribution < 1.29 is 4.79 Å². The summed E-state index contributed by atoms with van der Waals surface area (Å²) in [4.78, 5) is 43.6. The minimum Gasteiger partial charge on any atom is -0.383 e. The topological polar surface area (TPSA) is 104 Å². The number of anilines is 3. The highest BCUT2D eigenvalue weighted by atomic mass is 16.2. The molecule has 0 saturated carbocycles. The smallest absolute Gasteiger partial charge is 0.330 e. The molecule has 1 aromatic carbocycles. The molecule has 0 bridgehead atoms. The van der Waals surface area contributed by atoms with Crippen molar-refractivity contribution in [2.75, 3.05) is 28.6 Å². The molecule has 0 atom stereocenters. The summed E-state index contributed by atoms with van der Waals surface area (Å²) in [6.45, 7) is 10.5. The van der Waals surface area contributed by atoms with Crippen molar-refractivity contribution in [1.29, 1.82) is 0 Å². The van der Waals surface area contributed by atoms with Crippen LogP contribution in [-0.4, -0.2) is 34.6 Å². The number of nitrogen functional groups attached to an aromatic ring is 1. The first-order valence-electron chi connectivity index (χ1n) is 10.5. The summed E-state index contributed by atoms with van der Waals surface area (Å²) in [6.07, 6.45) is 1.61. The van der Waals surface area contributed by atoms with Crippen molar-refractivity contribution in [3.8, 4) is 0 Å². The zero-order chi connectivity index (χ0) is 22.4. The van der Waals surface area contributed by atoms with Gasteiger partial charge in [-0.1, -0.05) is 31.0 Å². The first kappa shape index (κ1) is 23.3. The predicted molar refractivity (Wildman–Crippen MR) is 122 cm³/mol. The molecule has 0 spiro atoms. The molecule has 30 heavy (non-hydrogen) atoms. The Morgan fingerprint density at radius 1 is 1.17 bits per heavy atom. The lowest BCUT2D eigenvalue weighted by atomic mass is 10.2. The van der Waals surface area contributed by atoms with Crippen molar-refractivity contribution in [2.45, 2.75) is 60.0 Å². The third-order valence-corrected chi connectivity index (χ3v) is 5.13. The lowest BCUT2D eigenvalue weighted by Gasteiger charge is -2.31. The van der Waals surface area contributed by atoms with Gasteiger partial charge in [-0.15, -0.1) is 0 Å². The minimum absolute atomic E-state index is 0.0267. The van der Waals surface area contributed by atoms with Crippen LogP contribution in [-0.2, 0) is 11.3 Å². The standard InChI is InChI=1S/C22H33N5O3/c1-6-8-13-26-20(23)19(21(29)24-22(26)30)25(7-2)18(28)14-27(15(3)4)17-11-9-16(5)10-12-17/h9-12,15H,6-8,13-14,23H2,1-5H3,(H,24,29,30). The molecule has 1 heterocycles. The highest BCUT2D eigenvalue weighted by Gasteiger charge is 2.25. The van der Waals surface area contributed by atoms with E-state index in [9.17, 15) is 14.4 Å². The van der Waals surface area contributed by atoms with E-state index in [0.29, 0.717) is 6.54 Å². The second-order valence-corrected chi connectivity index (χ2v) is 7.69. The fourth-order valence-electron chi connectivity index (χ4n) is 3.37. The molecule has 0 aliphatic heterocycles. The van der Waals surface area contributed by atoms with E-state index in [1.807, 2.05) is 56.9 Å². The Balaban J connectivity index is 2.41. The molecule has 0 aliphatic carbocycles. The maximum Gasteiger partial charge on any atom is 0.330 e. The Morgan fingerprint density at radius 2 is 1.80 bits per heavy atom. The highest BCUT2D eigenvalue weighted by Crippen LogP contribution is 2.21. The molecule has 2 rings (SSSR count). The van der Waals surface area contributed by atoms with E-state index in [0.717, 1.165) is 24.1 Å². The van der Waals surface area contributed by atoms with Crippen molar-refractivity contribution in [3.63, 3.8) is 0 Å². The van der Waals surface area contributed by atoms with Crippen LogP contribution < -0.4 is 26.8 Å². The third-order valence-electron chi connectivity index (χ3n) is 5.13. The molecule has 164 valence electrons. The van der Waals surface area contributed by atoms with Gasteiger partial charge in [-0.05, 0) is 46.2 Å². The summed E-state index contributed by atoms with van der Waals surface area (Å²) in [6, 6.07) is 8.03. The monoisotopic (exact) mass is 415 g/mol. The zero-order valence-corrected chi connectivity index (χ0v) is 18.6. The SMILES string of the molecule is CCCCn1c(N)c(N(CC)C(=O)CN(c2ccc(C)cc2)C(C)C)c(=O)[nH]c1=O. The van der Waals surface area contributed by atoms with Gasteiger partial charge in [-0.25, -0.2) is 4.79 Å². The van der Waals surface area contributed by atoms with Crippen molar-refractivity contribution in [2.24, 2.45) is 0 Å². The molecule has 8 heteroatoms. The second-order valence-electron chi connectivity index (χ2n) is 7.69. The van der Waals surface area contributed by atoms with Gasteiger partial charge < -0.3 is 15.5 Å². The van der Waals surface area contributed by atoms with E-state index in [1.165, 1.54) is 9.47 Å². The van der Waals surface area contributed by atoms with Crippen LogP contribution in [0.4, 0.5) is 17.2 Å². The first-order chi connectivity index (χ1) is 14.2. The van der Waals surface area contributed by atoms with Gasteiger partial charge >= 0.3 is 5.69 Å². The summed E-state index contributed by atoms with van der Waals surface area (Å²) >= 11 is 0. The van der Waals surface area contributed by atoms with E-state index in [-0.39, 0.29) is 36.5 Å². The molecule has 0 saturated heterocycles. The van der Waals surface area contributed by atoms with Crippen LogP contribution in [0.5, 0.6) is 0 Å². The summed E-state index contributed by atoms with van der Waals surface area (Å²) in [7, 11) is 0. The number of carbonyl (C=O) groups is 1. The van der Waals surface area contributed by atoms with Crippen molar-refractivity contribution >= 4 is 23.1 Å². The van der Waals surface area contributed by atoms with Gasteiger partial charge in [0.05, 0.1) is 6.54 Å². The van der Waals surface area contributed by atoms with Crippen LogP contribution >= 0.6 is 0 Å². The lowest BCUT2D eigenvalue weighted by Crippen LogP contribution is -2.46. The van der Waals surface area contributed by atoms with Crippen molar-refractivity contribution in [1.82, 2.24) is 9.55 Å². The van der Waals surface area contributed by atoms with Crippen LogP contribution in [0.15, 0.2) is 33.9 Å². The highest BCUT2D eigenvalue weighted by molar-refractivity contribution is 5.98. The Morgan fingerprint density at radius 3 is 2.33 bits per heavy atom. The molecule has 0 radical (unpaired) electrons. The van der Waals surface area contributed by atoms with Gasteiger partial charge in [0.1, 0.15) is 5.82 Å². The average Bonchev–Trinajstić information content (AvgIpc) is 2.69. The third kappa shape index (κ3) is 5.11. The van der Waals surface area contributed by atoms with E-state index in [2.05, 4.69) is 4.98 Å². The molecule has 1 aromatic heterocycles. The van der Waals surface area contributed by atoms with Gasteiger partial charge in [0.15, 0.2) is 5.69 Å². The molecular weight excluding hydrogens is 382 g/mol. The number of aromatic nitrogens is 2. The molecule has 0 unspecified atom stereocenters. The van der Waals surface area contributed by atoms with E-state index < -0.39 is 11.2 Å². The Bertz CT molecular complexity index is 976. The van der Waals surface area contributed by atoms with Crippen LogP contribution in [0.2, 0.25) is 0 Å². The molecule has 0 aliphatic rings. The molecule has 0 fully saturated rings. The summed E-state index contributed by atoms with van der Waals surface area (Å²) < 4.78 is 1.33. The quantitative estimate of drug-likeness (QED) is 0.655. The summed E-state index contributed by atoms with van der Waals surface area (Å²) in [5, 5.41) is 0. The molecular formula is C22H33N5O3. The number of benzene rings is 1. The van der Waals surface area contributed by atoms with Crippen LogP contribution in [0.25, 0.3) is 0 Å². The number of carbonyl (C=O) groups excluding carboxylic acids is 1. The number of H-pyrrole nitrogens is 1. The van der Waals surface area contributed by atoms with Gasteiger partial charge in [0.2, 0.25) is 5.91 Å². The van der Waals surface area contributed by atoms with Gasteiger partial charge in [-0.3, -0.25) is 19.1 Å². The number of aryl methyl sites for hydroxylation is 1. The van der Waals surface area contributed by atoms with E-state index in [1.54, 1.807) is 6.92 Å². The molecule has 1 amide bonds. The number of hydrogen-bond acceptors (Lipinski definition) is 5. The number of nitrogens with one attached hydrogen (secondary N) is 1. The Kier molecular flexibility index (Phi) is 7.86. The number of aromatic amines is 1. The number of amides is 1. The van der Waals surface area contributed by atoms with Gasteiger partial charge in [-0.2, -0.15) is 0 Å². The Hall–Kier alpha value is -3.03. The zero-order valence-electron chi connectivity index (χ0n) is 18.6. The fourth-order valence-corrected chi connectivity index (χ4v) is 3.37. The van der Waals surface area contributed by atoms with E-state index in [4.69, 9.17) is 5.73 Å². The van der Waals surface area contributed by atoms with Crippen LogP contribution in [0, 0.1) is 6.92 Å². The predicted octanol–water partition coefficient (Wildman–Crippen LogP) is 2.50. The molecule has 2 aromatic rings. The van der Waals surface area contributed by atoms with Crippen molar-refractivity contribution in [3.05, 3.63) is 50.7 Å². The van der Waals surface area contributed by atoms with E-state index >= 15 is 0 Å². The number of rotatable bonds is 9. The maximum atomic E-state index is 13.2. The van der Waals surface area contributed by atoms with Gasteiger partial charge in [0, 0.05) is 24.8 Å². The average molecular weight is 416 g/mol. The van der Waals surface area contributed by atoms with Crippen LogP contribution in [0.1, 0.15) is 46.1 Å². The van der Waals surface area contributed by atoms with Crippen LogP contribution in [0.3, 0.4) is 0 Å². The number of nitrogens with two attached hydrogens (primary N) is 1. The second kappa shape index (κ2) is 10.1. The lowest BCUT2D eigenvalue weighted by molar-refractivity contribution is -0.117. The number of nitrogens with zero attached hydrogens (tertiary/aromatic N) is 3. The fraction of sp³-hybridized carbons (Fsp3) is 0.500. The molecule has 8 nitrogen and oxygen atoms in total.